The molecule has 56 valence electrons. The summed E-state index contributed by atoms with van der Waals surface area (Å²) < 4.78 is 4.02. The molecule has 9 heavy (non-hydrogen) atoms. The Balaban J connectivity index is 0. The molecule has 0 spiro atoms. The summed E-state index contributed by atoms with van der Waals surface area (Å²) in [6.45, 7) is 1.93. The summed E-state index contributed by atoms with van der Waals surface area (Å²) in [5.41, 5.74) is 1.75. The van der Waals surface area contributed by atoms with E-state index in [0.717, 1.165) is 0 Å². The third kappa shape index (κ3) is 19.0. The molecule has 0 aromatic heterocycles. The van der Waals surface area contributed by atoms with Crippen molar-refractivity contribution >= 4 is 6.09 Å². The van der Waals surface area contributed by atoms with Crippen molar-refractivity contribution in [3.05, 3.63) is 0 Å². The van der Waals surface area contributed by atoms with Gasteiger partial charge in [0.2, 0.25) is 0 Å². The fraction of sp³-hybridized carbons (Fsp3) is 0.750. The first-order chi connectivity index (χ1) is 4.22. The summed E-state index contributed by atoms with van der Waals surface area (Å²) in [4.78, 5) is 9.72. The molecule has 1 amide bonds. The molecule has 4 N–H and O–H groups in total. The molecule has 0 aliphatic rings. The van der Waals surface area contributed by atoms with Crippen molar-refractivity contribution < 1.29 is 14.6 Å². The molecule has 0 unspecified atom stereocenters. The van der Waals surface area contributed by atoms with Gasteiger partial charge in [-0.1, -0.05) is 0 Å². The van der Waals surface area contributed by atoms with Crippen LogP contribution in [0.25, 0.3) is 0 Å². The van der Waals surface area contributed by atoms with Crippen LogP contribution in [-0.2, 0) is 4.74 Å². The SMILES string of the molecule is CCO.COC(=O)NN. The van der Waals surface area contributed by atoms with E-state index in [9.17, 15) is 4.79 Å². The van der Waals surface area contributed by atoms with Gasteiger partial charge in [-0.05, 0) is 6.92 Å². The molecule has 5 heteroatoms. The number of aliphatic hydroxyl groups is 1. The second-order valence-corrected chi connectivity index (χ2v) is 0.952. The third-order valence-electron chi connectivity index (χ3n) is 0.303. The van der Waals surface area contributed by atoms with Gasteiger partial charge in [0.25, 0.3) is 0 Å². The Bertz CT molecular complexity index is 60.8. The van der Waals surface area contributed by atoms with Crippen molar-refractivity contribution in [3.63, 3.8) is 0 Å². The van der Waals surface area contributed by atoms with Gasteiger partial charge < -0.3 is 9.84 Å². The highest BCUT2D eigenvalue weighted by molar-refractivity contribution is 5.65. The maximum Gasteiger partial charge on any atom is 0.421 e. The zero-order valence-corrected chi connectivity index (χ0v) is 5.55. The van der Waals surface area contributed by atoms with Crippen LogP contribution >= 0.6 is 0 Å². The lowest BCUT2D eigenvalue weighted by molar-refractivity contribution is 0.171. The molecule has 0 aromatic rings. The molecular formula is C4H12N2O3. The molecule has 0 heterocycles. The first-order valence-corrected chi connectivity index (χ1v) is 2.38. The summed E-state index contributed by atoms with van der Waals surface area (Å²) in [6, 6.07) is 0. The number of nitrogens with one attached hydrogen (secondary N) is 1. The Hall–Kier alpha value is -0.810. The zero-order valence-electron chi connectivity index (χ0n) is 5.55. The Kier molecular flexibility index (Phi) is 12.6. The lowest BCUT2D eigenvalue weighted by atomic mass is 10.9. The summed E-state index contributed by atoms with van der Waals surface area (Å²) in [6.07, 6.45) is -0.630. The zero-order chi connectivity index (χ0) is 7.70. The number of carbonyl (C=O) groups is 1. The summed E-state index contributed by atoms with van der Waals surface area (Å²) in [5.74, 6) is 4.56. The van der Waals surface area contributed by atoms with Crippen LogP contribution in [0.4, 0.5) is 4.79 Å². The number of hydrogen-bond acceptors (Lipinski definition) is 4. The molecule has 0 rings (SSSR count). The number of rotatable bonds is 0. The molecule has 0 aliphatic heterocycles. The van der Waals surface area contributed by atoms with Crippen LogP contribution in [0, 0.1) is 0 Å². The van der Waals surface area contributed by atoms with Crippen LogP contribution in [0.15, 0.2) is 0 Å². The van der Waals surface area contributed by atoms with E-state index in [4.69, 9.17) is 5.11 Å². The van der Waals surface area contributed by atoms with Gasteiger partial charge in [-0.15, -0.1) is 0 Å². The molecule has 0 aromatic carbocycles. The van der Waals surface area contributed by atoms with E-state index in [1.165, 1.54) is 7.11 Å². The van der Waals surface area contributed by atoms with E-state index >= 15 is 0 Å². The Morgan fingerprint density at radius 3 is 2.22 bits per heavy atom. The summed E-state index contributed by atoms with van der Waals surface area (Å²) in [7, 11) is 1.24. The quantitative estimate of drug-likeness (QED) is 0.231. The molecule has 0 saturated carbocycles. The van der Waals surface area contributed by atoms with E-state index in [2.05, 4.69) is 10.6 Å². The number of nitrogens with two attached hydrogens (primary N) is 1. The van der Waals surface area contributed by atoms with Crippen LogP contribution < -0.4 is 11.3 Å². The molecule has 0 saturated heterocycles. The number of hydrogen-bond donors (Lipinski definition) is 3. The maximum atomic E-state index is 9.72. The van der Waals surface area contributed by atoms with Gasteiger partial charge in [-0.25, -0.2) is 10.6 Å². The highest BCUT2D eigenvalue weighted by atomic mass is 16.5. The molecule has 5 nitrogen and oxygen atoms in total. The Labute approximate surface area is 53.8 Å². The average Bonchev–Trinajstić information content (AvgIpc) is 1.88. The average molecular weight is 136 g/mol. The monoisotopic (exact) mass is 136 g/mol. The number of methoxy groups -OCH3 is 1. The van der Waals surface area contributed by atoms with Gasteiger partial charge in [-0.3, -0.25) is 5.43 Å². The molecule has 0 atom stereocenters. The van der Waals surface area contributed by atoms with Crippen molar-refractivity contribution in [1.29, 1.82) is 0 Å². The fourth-order valence-electron chi connectivity index (χ4n) is 0.0589. The third-order valence-corrected chi connectivity index (χ3v) is 0.303. The molecular weight excluding hydrogens is 124 g/mol. The summed E-state index contributed by atoms with van der Waals surface area (Å²) >= 11 is 0. The standard InChI is InChI=1S/C2H6N2O2.C2H6O/c1-6-2(5)4-3;1-2-3/h3H2,1H3,(H,4,5);3H,2H2,1H3. The first-order valence-electron chi connectivity index (χ1n) is 2.38. The van der Waals surface area contributed by atoms with E-state index in [-0.39, 0.29) is 6.61 Å². The highest BCUT2D eigenvalue weighted by Gasteiger charge is 1.85. The van der Waals surface area contributed by atoms with Crippen LogP contribution in [0.1, 0.15) is 6.92 Å². The van der Waals surface area contributed by atoms with Gasteiger partial charge in [0.05, 0.1) is 7.11 Å². The Morgan fingerprint density at radius 2 is 2.22 bits per heavy atom. The van der Waals surface area contributed by atoms with E-state index in [1.54, 1.807) is 12.3 Å². The lowest BCUT2D eigenvalue weighted by Gasteiger charge is -1.90. The van der Waals surface area contributed by atoms with E-state index in [1.807, 2.05) is 0 Å². The van der Waals surface area contributed by atoms with Crippen LogP contribution in [0.5, 0.6) is 0 Å². The van der Waals surface area contributed by atoms with Crippen LogP contribution in [0.2, 0.25) is 0 Å². The minimum Gasteiger partial charge on any atom is -0.452 e. The minimum atomic E-state index is -0.630. The molecule has 0 radical (unpaired) electrons. The van der Waals surface area contributed by atoms with Gasteiger partial charge in [-0.2, -0.15) is 0 Å². The van der Waals surface area contributed by atoms with E-state index < -0.39 is 6.09 Å². The van der Waals surface area contributed by atoms with Crippen molar-refractivity contribution in [2.45, 2.75) is 6.92 Å². The number of aliphatic hydroxyl groups excluding tert-OH is 1. The molecule has 0 fully saturated rings. The minimum absolute atomic E-state index is 0.250. The lowest BCUT2D eigenvalue weighted by Crippen LogP contribution is -2.29. The predicted octanol–water partition coefficient (Wildman–Crippen LogP) is -0.785. The normalized spacial score (nSPS) is 6.67. The van der Waals surface area contributed by atoms with Crippen molar-refractivity contribution in [2.75, 3.05) is 13.7 Å². The van der Waals surface area contributed by atoms with Gasteiger partial charge in [0.15, 0.2) is 0 Å². The van der Waals surface area contributed by atoms with Crippen LogP contribution in [-0.4, -0.2) is 24.9 Å². The van der Waals surface area contributed by atoms with Gasteiger partial charge in [0, 0.05) is 6.61 Å². The highest BCUT2D eigenvalue weighted by Crippen LogP contribution is 1.60. The van der Waals surface area contributed by atoms with Gasteiger partial charge >= 0.3 is 6.09 Å². The smallest absolute Gasteiger partial charge is 0.421 e. The largest absolute Gasteiger partial charge is 0.452 e. The van der Waals surface area contributed by atoms with Crippen molar-refractivity contribution in [1.82, 2.24) is 5.43 Å². The second-order valence-electron chi connectivity index (χ2n) is 0.952. The Morgan fingerprint density at radius 1 is 1.89 bits per heavy atom. The fourth-order valence-corrected chi connectivity index (χ4v) is 0.0589. The number of hydrazine groups is 1. The number of ether oxygens (including phenoxy) is 1. The molecule has 0 aliphatic carbocycles. The first kappa shape index (κ1) is 11.0. The van der Waals surface area contributed by atoms with Crippen molar-refractivity contribution in [2.24, 2.45) is 5.84 Å². The number of carbonyl (C=O) groups excluding carboxylic acids is 1. The second kappa shape index (κ2) is 10.2. The summed E-state index contributed by atoms with van der Waals surface area (Å²) in [5, 5.41) is 7.57. The van der Waals surface area contributed by atoms with Crippen molar-refractivity contribution in [3.8, 4) is 0 Å². The molecule has 0 bridgehead atoms. The predicted molar refractivity (Wildman–Crippen MR) is 32.5 cm³/mol. The topological polar surface area (TPSA) is 84.6 Å². The number of amides is 1. The van der Waals surface area contributed by atoms with Crippen LogP contribution in [0.3, 0.4) is 0 Å². The van der Waals surface area contributed by atoms with E-state index in [0.29, 0.717) is 0 Å². The maximum absolute atomic E-state index is 9.72. The van der Waals surface area contributed by atoms with Gasteiger partial charge in [0.1, 0.15) is 0 Å².